The second-order valence-corrected chi connectivity index (χ2v) is 7.12. The summed E-state index contributed by atoms with van der Waals surface area (Å²) in [5, 5.41) is 33.2. The van der Waals surface area contributed by atoms with E-state index in [1.54, 1.807) is 4.57 Å². The third-order valence-corrected chi connectivity index (χ3v) is 5.21. The van der Waals surface area contributed by atoms with E-state index in [0.29, 0.717) is 10.2 Å². The SMILES string of the molecule is COCCn1c(=NC(=O)c2cc([N+](=O)[O-])cc([N+](=O)[O-])c2)sc2cc([N+](=O)[O-])ccc21. The van der Waals surface area contributed by atoms with Crippen LogP contribution in [0.4, 0.5) is 17.1 Å². The lowest BCUT2D eigenvalue weighted by atomic mass is 10.1. The molecule has 0 bridgehead atoms. The van der Waals surface area contributed by atoms with Crippen molar-refractivity contribution in [3.8, 4) is 0 Å². The van der Waals surface area contributed by atoms with Crippen LogP contribution in [-0.4, -0.2) is 39.0 Å². The van der Waals surface area contributed by atoms with Gasteiger partial charge in [0.2, 0.25) is 0 Å². The van der Waals surface area contributed by atoms with E-state index in [9.17, 15) is 35.1 Å². The Balaban J connectivity index is 2.16. The van der Waals surface area contributed by atoms with Crippen LogP contribution in [0.2, 0.25) is 0 Å². The van der Waals surface area contributed by atoms with Crippen molar-refractivity contribution in [1.82, 2.24) is 4.57 Å². The number of nitro groups is 3. The van der Waals surface area contributed by atoms with E-state index in [-0.39, 0.29) is 29.2 Å². The minimum atomic E-state index is -0.931. The van der Waals surface area contributed by atoms with E-state index < -0.39 is 32.1 Å². The molecule has 0 radical (unpaired) electrons. The van der Waals surface area contributed by atoms with Gasteiger partial charge in [0.05, 0.1) is 43.2 Å². The fourth-order valence-corrected chi connectivity index (χ4v) is 3.83. The summed E-state index contributed by atoms with van der Waals surface area (Å²) in [4.78, 5) is 47.7. The second kappa shape index (κ2) is 8.76. The molecule has 31 heavy (non-hydrogen) atoms. The highest BCUT2D eigenvalue weighted by molar-refractivity contribution is 7.16. The zero-order chi connectivity index (χ0) is 22.7. The first-order chi connectivity index (χ1) is 14.7. The van der Waals surface area contributed by atoms with Crippen LogP contribution >= 0.6 is 11.3 Å². The molecule has 3 aromatic rings. The first kappa shape index (κ1) is 21.7. The molecule has 0 unspecified atom stereocenters. The molecule has 13 nitrogen and oxygen atoms in total. The number of amides is 1. The summed E-state index contributed by atoms with van der Waals surface area (Å²) in [6, 6.07) is 6.71. The number of carbonyl (C=O) groups is 1. The fourth-order valence-electron chi connectivity index (χ4n) is 2.74. The zero-order valence-electron chi connectivity index (χ0n) is 15.8. The van der Waals surface area contributed by atoms with E-state index in [2.05, 4.69) is 4.99 Å². The summed E-state index contributed by atoms with van der Waals surface area (Å²) < 4.78 is 7.15. The van der Waals surface area contributed by atoms with Crippen LogP contribution in [0.1, 0.15) is 10.4 Å². The van der Waals surface area contributed by atoms with Crippen molar-refractivity contribution >= 4 is 44.5 Å². The number of nitro benzene ring substituents is 3. The predicted octanol–water partition coefficient (Wildman–Crippen LogP) is 2.81. The Bertz CT molecular complexity index is 1260. The van der Waals surface area contributed by atoms with Crippen molar-refractivity contribution in [2.24, 2.45) is 4.99 Å². The van der Waals surface area contributed by atoms with E-state index in [4.69, 9.17) is 4.74 Å². The second-order valence-electron chi connectivity index (χ2n) is 6.11. The number of methoxy groups -OCH3 is 1. The molecule has 0 spiro atoms. The van der Waals surface area contributed by atoms with E-state index >= 15 is 0 Å². The largest absolute Gasteiger partial charge is 0.383 e. The molecule has 0 N–H and O–H groups in total. The van der Waals surface area contributed by atoms with Crippen molar-refractivity contribution in [3.63, 3.8) is 0 Å². The van der Waals surface area contributed by atoms with Gasteiger partial charge in [0.1, 0.15) is 0 Å². The van der Waals surface area contributed by atoms with Crippen molar-refractivity contribution in [3.05, 3.63) is 77.1 Å². The van der Waals surface area contributed by atoms with Crippen LogP contribution in [0.3, 0.4) is 0 Å². The number of thiazole rings is 1. The lowest BCUT2D eigenvalue weighted by molar-refractivity contribution is -0.394. The number of rotatable bonds is 7. The number of nitrogens with zero attached hydrogens (tertiary/aromatic N) is 5. The molecular formula is C17H13N5O8S. The van der Waals surface area contributed by atoms with Crippen molar-refractivity contribution in [2.45, 2.75) is 6.54 Å². The summed E-state index contributed by atoms with van der Waals surface area (Å²) in [7, 11) is 1.48. The van der Waals surface area contributed by atoms with Gasteiger partial charge in [-0.2, -0.15) is 4.99 Å². The molecule has 160 valence electrons. The van der Waals surface area contributed by atoms with Gasteiger partial charge < -0.3 is 9.30 Å². The number of ether oxygens (including phenoxy) is 1. The highest BCUT2D eigenvalue weighted by Gasteiger charge is 2.20. The Morgan fingerprint density at radius 3 is 2.16 bits per heavy atom. The van der Waals surface area contributed by atoms with Crippen LogP contribution in [-0.2, 0) is 11.3 Å². The number of aromatic nitrogens is 1. The van der Waals surface area contributed by atoms with E-state index in [0.717, 1.165) is 29.5 Å². The van der Waals surface area contributed by atoms with E-state index in [1.807, 2.05) is 0 Å². The molecule has 1 aromatic heterocycles. The van der Waals surface area contributed by atoms with Gasteiger partial charge in [-0.05, 0) is 6.07 Å². The molecule has 0 aliphatic heterocycles. The Morgan fingerprint density at radius 2 is 1.61 bits per heavy atom. The monoisotopic (exact) mass is 447 g/mol. The van der Waals surface area contributed by atoms with Crippen LogP contribution < -0.4 is 4.80 Å². The summed E-state index contributed by atoms with van der Waals surface area (Å²) in [6.45, 7) is 0.530. The van der Waals surface area contributed by atoms with Gasteiger partial charge in [-0.15, -0.1) is 0 Å². The maximum absolute atomic E-state index is 12.7. The number of hydrogen-bond donors (Lipinski definition) is 0. The number of non-ortho nitro benzene ring substituents is 3. The molecule has 0 saturated carbocycles. The van der Waals surface area contributed by atoms with Crippen LogP contribution in [0, 0.1) is 30.3 Å². The van der Waals surface area contributed by atoms with Crippen LogP contribution in [0.5, 0.6) is 0 Å². The minimum absolute atomic E-state index is 0.139. The van der Waals surface area contributed by atoms with Gasteiger partial charge >= 0.3 is 0 Å². The molecule has 0 fully saturated rings. The summed E-state index contributed by atoms with van der Waals surface area (Å²) >= 11 is 0.998. The van der Waals surface area contributed by atoms with Gasteiger partial charge in [0, 0.05) is 37.9 Å². The van der Waals surface area contributed by atoms with Gasteiger partial charge in [0.25, 0.3) is 23.0 Å². The fraction of sp³-hybridized carbons (Fsp3) is 0.176. The standard InChI is InChI=1S/C17H13N5O8S/c1-30-5-4-19-14-3-2-11(20(24)25)9-15(14)31-17(19)18-16(23)10-6-12(21(26)27)8-13(7-10)22(28)29/h2-3,6-9H,4-5H2,1H3. The van der Waals surface area contributed by atoms with Crippen molar-refractivity contribution in [2.75, 3.05) is 13.7 Å². The quantitative estimate of drug-likeness (QED) is 0.392. The third kappa shape index (κ3) is 4.59. The highest BCUT2D eigenvalue weighted by atomic mass is 32.1. The molecule has 0 saturated heterocycles. The normalized spacial score (nSPS) is 11.6. The number of fused-ring (bicyclic) bond motifs is 1. The number of hydrogen-bond acceptors (Lipinski definition) is 9. The van der Waals surface area contributed by atoms with E-state index in [1.165, 1.54) is 25.3 Å². The molecule has 2 aromatic carbocycles. The molecule has 1 amide bonds. The van der Waals surface area contributed by atoms with Gasteiger partial charge in [0.15, 0.2) is 4.80 Å². The average Bonchev–Trinajstić information content (AvgIpc) is 3.07. The Labute approximate surface area is 176 Å². The topological polar surface area (TPSA) is 173 Å². The molecular weight excluding hydrogens is 434 g/mol. The number of benzene rings is 2. The molecule has 0 aliphatic rings. The predicted molar refractivity (Wildman–Crippen MR) is 108 cm³/mol. The maximum atomic E-state index is 12.7. The molecule has 0 aliphatic carbocycles. The summed E-state index contributed by atoms with van der Waals surface area (Å²) in [5.74, 6) is -0.931. The third-order valence-electron chi connectivity index (χ3n) is 4.16. The van der Waals surface area contributed by atoms with Crippen LogP contribution in [0.25, 0.3) is 10.2 Å². The minimum Gasteiger partial charge on any atom is -0.383 e. The first-order valence-corrected chi connectivity index (χ1v) is 9.32. The Hall–Kier alpha value is -4.04. The van der Waals surface area contributed by atoms with Gasteiger partial charge in [-0.25, -0.2) is 0 Å². The first-order valence-electron chi connectivity index (χ1n) is 8.51. The molecule has 3 rings (SSSR count). The Kier molecular flexibility index (Phi) is 6.12. The van der Waals surface area contributed by atoms with Crippen molar-refractivity contribution in [1.29, 1.82) is 0 Å². The Morgan fingerprint density at radius 1 is 1.00 bits per heavy atom. The molecule has 1 heterocycles. The molecule has 0 atom stereocenters. The number of carbonyl (C=O) groups excluding carboxylic acids is 1. The van der Waals surface area contributed by atoms with Gasteiger partial charge in [-0.3, -0.25) is 35.1 Å². The highest BCUT2D eigenvalue weighted by Crippen LogP contribution is 2.25. The van der Waals surface area contributed by atoms with Crippen molar-refractivity contribution < 1.29 is 24.3 Å². The summed E-state index contributed by atoms with van der Waals surface area (Å²) in [6.07, 6.45) is 0. The smallest absolute Gasteiger partial charge is 0.280 e. The summed E-state index contributed by atoms with van der Waals surface area (Å²) in [5.41, 5.74) is -1.13. The average molecular weight is 447 g/mol. The maximum Gasteiger partial charge on any atom is 0.280 e. The lowest BCUT2D eigenvalue weighted by Gasteiger charge is -2.04. The molecule has 14 heteroatoms. The lowest BCUT2D eigenvalue weighted by Crippen LogP contribution is -2.19. The zero-order valence-corrected chi connectivity index (χ0v) is 16.6. The van der Waals surface area contributed by atoms with Gasteiger partial charge in [-0.1, -0.05) is 11.3 Å². The van der Waals surface area contributed by atoms with Crippen LogP contribution in [0.15, 0.2) is 41.4 Å².